The molecule has 0 saturated carbocycles. The van der Waals surface area contributed by atoms with E-state index in [-0.39, 0.29) is 0 Å². The molecule has 2 aliphatic rings. The minimum Gasteiger partial charge on any atom is -0.373 e. The van der Waals surface area contributed by atoms with E-state index >= 15 is 0 Å². The van der Waals surface area contributed by atoms with E-state index in [4.69, 9.17) is 4.74 Å². The number of nitrogens with one attached hydrogen (secondary N) is 1. The summed E-state index contributed by atoms with van der Waals surface area (Å²) >= 11 is 0. The summed E-state index contributed by atoms with van der Waals surface area (Å²) in [6.45, 7) is 4.19. The molecule has 0 aromatic carbocycles. The zero-order valence-electron chi connectivity index (χ0n) is 11.0. The van der Waals surface area contributed by atoms with Crippen molar-refractivity contribution in [1.82, 2.24) is 15.2 Å². The molecule has 3 rings (SSSR count). The number of hydrogen-bond donors (Lipinski definition) is 1. The van der Waals surface area contributed by atoms with Crippen LogP contribution in [0.1, 0.15) is 44.5 Å². The van der Waals surface area contributed by atoms with Crippen LogP contribution in [0.4, 0.5) is 5.95 Å². The Morgan fingerprint density at radius 1 is 1.17 bits per heavy atom. The van der Waals surface area contributed by atoms with Crippen LogP contribution in [0.5, 0.6) is 0 Å². The zero-order valence-corrected chi connectivity index (χ0v) is 11.0. The van der Waals surface area contributed by atoms with Crippen molar-refractivity contribution >= 4 is 5.95 Å². The number of hydrogen-bond acceptors (Lipinski definition) is 5. The Morgan fingerprint density at radius 2 is 2.00 bits per heavy atom. The minimum absolute atomic E-state index is 0.342. The zero-order chi connectivity index (χ0) is 12.5. The molecule has 1 aromatic heterocycles. The van der Waals surface area contributed by atoms with Gasteiger partial charge in [-0.15, -0.1) is 5.10 Å². The summed E-state index contributed by atoms with van der Waals surface area (Å²) in [5.74, 6) is 0.658. The summed E-state index contributed by atoms with van der Waals surface area (Å²) in [4.78, 5) is 4.57. The highest BCUT2D eigenvalue weighted by Crippen LogP contribution is 2.35. The molecule has 5 heteroatoms. The second kappa shape index (κ2) is 4.80. The lowest BCUT2D eigenvalue weighted by molar-refractivity contribution is 0.102. The fourth-order valence-electron chi connectivity index (χ4n) is 2.95. The number of nitrogens with zero attached hydrogens (tertiary/aromatic N) is 3. The monoisotopic (exact) mass is 248 g/mol. The molecule has 1 aromatic rings. The highest BCUT2D eigenvalue weighted by Gasteiger charge is 2.41. The van der Waals surface area contributed by atoms with Gasteiger partial charge in [0.05, 0.1) is 29.6 Å². The number of rotatable bonds is 4. The van der Waals surface area contributed by atoms with Crippen LogP contribution in [0.25, 0.3) is 0 Å². The second-order valence-corrected chi connectivity index (χ2v) is 5.10. The topological polar surface area (TPSA) is 59.9 Å². The van der Waals surface area contributed by atoms with Crippen molar-refractivity contribution in [2.75, 3.05) is 5.32 Å². The van der Waals surface area contributed by atoms with Gasteiger partial charge in [-0.3, -0.25) is 0 Å². The van der Waals surface area contributed by atoms with Crippen LogP contribution >= 0.6 is 0 Å². The van der Waals surface area contributed by atoms with Gasteiger partial charge in [0.1, 0.15) is 0 Å². The molecule has 1 N–H and O–H groups in total. The smallest absolute Gasteiger partial charge is 0.243 e. The molecular weight excluding hydrogens is 228 g/mol. The number of aryl methyl sites for hydroxylation is 2. The van der Waals surface area contributed by atoms with E-state index in [1.54, 1.807) is 0 Å². The molecule has 0 aliphatic carbocycles. The number of anilines is 1. The van der Waals surface area contributed by atoms with Gasteiger partial charge in [0.2, 0.25) is 5.95 Å². The standard InChI is InChI=1S/C13H20N4O/c1-3-9-10(4-2)16-17-13(14-9)15-11-7-8-5-6-12(11)18-8/h8,11-12H,3-7H2,1-2H3,(H,14,15,17). The quantitative estimate of drug-likeness (QED) is 0.879. The predicted octanol–water partition coefficient (Wildman–Crippen LogP) is 1.73. The maximum absolute atomic E-state index is 5.82. The summed E-state index contributed by atoms with van der Waals surface area (Å²) in [6.07, 6.45) is 6.02. The molecule has 2 saturated heterocycles. The summed E-state index contributed by atoms with van der Waals surface area (Å²) in [6, 6.07) is 0.364. The van der Waals surface area contributed by atoms with Gasteiger partial charge < -0.3 is 10.1 Å². The summed E-state index contributed by atoms with van der Waals surface area (Å²) in [5.41, 5.74) is 2.06. The van der Waals surface area contributed by atoms with Gasteiger partial charge in [-0.1, -0.05) is 13.8 Å². The van der Waals surface area contributed by atoms with E-state index in [0.717, 1.165) is 37.1 Å². The Kier molecular flexibility index (Phi) is 3.16. The lowest BCUT2D eigenvalue weighted by Gasteiger charge is -2.20. The SMILES string of the molecule is CCc1nnc(NC2CC3CCC2O3)nc1CC. The third-order valence-electron chi connectivity index (χ3n) is 3.93. The summed E-state index contributed by atoms with van der Waals surface area (Å²) in [7, 11) is 0. The van der Waals surface area contributed by atoms with Crippen molar-refractivity contribution < 1.29 is 4.74 Å². The van der Waals surface area contributed by atoms with E-state index in [1.165, 1.54) is 6.42 Å². The first-order valence-corrected chi connectivity index (χ1v) is 6.94. The molecule has 3 unspecified atom stereocenters. The van der Waals surface area contributed by atoms with Gasteiger partial charge >= 0.3 is 0 Å². The van der Waals surface area contributed by atoms with Crippen LogP contribution in [-0.2, 0) is 17.6 Å². The Labute approximate surface area is 107 Å². The van der Waals surface area contributed by atoms with E-state index in [0.29, 0.717) is 24.2 Å². The van der Waals surface area contributed by atoms with Crippen LogP contribution in [0, 0.1) is 0 Å². The first-order valence-electron chi connectivity index (χ1n) is 6.94. The van der Waals surface area contributed by atoms with Crippen molar-refractivity contribution in [3.63, 3.8) is 0 Å². The molecule has 0 amide bonds. The number of ether oxygens (including phenoxy) is 1. The average Bonchev–Trinajstić information content (AvgIpc) is 3.01. The van der Waals surface area contributed by atoms with Crippen molar-refractivity contribution in [2.24, 2.45) is 0 Å². The van der Waals surface area contributed by atoms with Gasteiger partial charge in [0, 0.05) is 0 Å². The van der Waals surface area contributed by atoms with Crippen molar-refractivity contribution in [1.29, 1.82) is 0 Å². The molecule has 2 fully saturated rings. The Hall–Kier alpha value is -1.23. The normalized spacial score (nSPS) is 29.8. The van der Waals surface area contributed by atoms with Gasteiger partial charge in [0.25, 0.3) is 0 Å². The lowest BCUT2D eigenvalue weighted by atomic mass is 9.96. The van der Waals surface area contributed by atoms with E-state index in [1.807, 2.05) is 0 Å². The van der Waals surface area contributed by atoms with Crippen LogP contribution in [0.3, 0.4) is 0 Å². The van der Waals surface area contributed by atoms with Crippen molar-refractivity contribution in [2.45, 2.75) is 64.2 Å². The van der Waals surface area contributed by atoms with E-state index in [2.05, 4.69) is 34.3 Å². The molecular formula is C13H20N4O. The lowest BCUT2D eigenvalue weighted by Crippen LogP contribution is -2.31. The maximum Gasteiger partial charge on any atom is 0.243 e. The molecule has 3 heterocycles. The molecule has 5 nitrogen and oxygen atoms in total. The Morgan fingerprint density at radius 3 is 2.61 bits per heavy atom. The van der Waals surface area contributed by atoms with Crippen LogP contribution in [-0.4, -0.2) is 33.4 Å². The van der Waals surface area contributed by atoms with Gasteiger partial charge in [-0.2, -0.15) is 5.10 Å². The highest BCUT2D eigenvalue weighted by atomic mass is 16.5. The molecule has 2 bridgehead atoms. The number of fused-ring (bicyclic) bond motifs is 2. The molecule has 2 aliphatic heterocycles. The van der Waals surface area contributed by atoms with Gasteiger partial charge in [-0.25, -0.2) is 4.98 Å². The summed E-state index contributed by atoms with van der Waals surface area (Å²) < 4.78 is 5.82. The molecule has 0 spiro atoms. The third-order valence-corrected chi connectivity index (χ3v) is 3.93. The first kappa shape index (κ1) is 11.8. The van der Waals surface area contributed by atoms with Crippen LogP contribution in [0.2, 0.25) is 0 Å². The third kappa shape index (κ3) is 2.07. The van der Waals surface area contributed by atoms with Crippen molar-refractivity contribution in [3.8, 4) is 0 Å². The number of aromatic nitrogens is 3. The van der Waals surface area contributed by atoms with Crippen LogP contribution in [0.15, 0.2) is 0 Å². The largest absolute Gasteiger partial charge is 0.373 e. The maximum atomic E-state index is 5.82. The first-order chi connectivity index (χ1) is 8.80. The van der Waals surface area contributed by atoms with Crippen molar-refractivity contribution in [3.05, 3.63) is 11.4 Å². The van der Waals surface area contributed by atoms with Gasteiger partial charge in [-0.05, 0) is 32.1 Å². The fourth-order valence-corrected chi connectivity index (χ4v) is 2.95. The second-order valence-electron chi connectivity index (χ2n) is 5.10. The van der Waals surface area contributed by atoms with Crippen LogP contribution < -0.4 is 5.32 Å². The molecule has 98 valence electrons. The molecule has 0 radical (unpaired) electrons. The average molecular weight is 248 g/mol. The Balaban J connectivity index is 1.73. The highest BCUT2D eigenvalue weighted by molar-refractivity contribution is 5.29. The molecule has 18 heavy (non-hydrogen) atoms. The predicted molar refractivity (Wildman–Crippen MR) is 68.5 cm³/mol. The van der Waals surface area contributed by atoms with Gasteiger partial charge in [0.15, 0.2) is 0 Å². The summed E-state index contributed by atoms with van der Waals surface area (Å²) in [5, 5.41) is 11.8. The van der Waals surface area contributed by atoms with E-state index in [9.17, 15) is 0 Å². The minimum atomic E-state index is 0.342. The Bertz CT molecular complexity index is 437. The molecule has 3 atom stereocenters. The fraction of sp³-hybridized carbons (Fsp3) is 0.769. The van der Waals surface area contributed by atoms with E-state index < -0.39 is 0 Å².